The molecule has 8 heteroatoms. The highest BCUT2D eigenvalue weighted by Gasteiger charge is 2.16. The standard InChI is InChI=1S/C14H12F3NO3S/c1-9-8-11(21-14(16)17)4-7-13(9)18-22(19,20)12-5-2-10(15)3-6-12/h2-8,14,18H,1H3. The van der Waals surface area contributed by atoms with Gasteiger partial charge in [0.15, 0.2) is 0 Å². The van der Waals surface area contributed by atoms with Crippen molar-refractivity contribution in [1.82, 2.24) is 0 Å². The Bertz CT molecular complexity index is 761. The van der Waals surface area contributed by atoms with Crippen LogP contribution in [0.4, 0.5) is 18.9 Å². The Morgan fingerprint density at radius 2 is 1.73 bits per heavy atom. The Morgan fingerprint density at radius 3 is 2.27 bits per heavy atom. The monoisotopic (exact) mass is 331 g/mol. The Morgan fingerprint density at radius 1 is 1.09 bits per heavy atom. The first kappa shape index (κ1) is 16.2. The van der Waals surface area contributed by atoms with Gasteiger partial charge in [-0.25, -0.2) is 12.8 Å². The first-order valence-electron chi connectivity index (χ1n) is 6.12. The van der Waals surface area contributed by atoms with E-state index in [9.17, 15) is 21.6 Å². The molecule has 22 heavy (non-hydrogen) atoms. The van der Waals surface area contributed by atoms with Crippen molar-refractivity contribution >= 4 is 15.7 Å². The van der Waals surface area contributed by atoms with E-state index in [-0.39, 0.29) is 16.3 Å². The maximum absolute atomic E-state index is 12.8. The molecular weight excluding hydrogens is 319 g/mol. The maximum Gasteiger partial charge on any atom is 0.387 e. The summed E-state index contributed by atoms with van der Waals surface area (Å²) in [6, 6.07) is 8.13. The van der Waals surface area contributed by atoms with Crippen molar-refractivity contribution in [3.05, 3.63) is 53.8 Å². The smallest absolute Gasteiger partial charge is 0.387 e. The minimum absolute atomic E-state index is 0.0720. The van der Waals surface area contributed by atoms with Crippen LogP contribution in [-0.2, 0) is 10.0 Å². The van der Waals surface area contributed by atoms with Crippen LogP contribution < -0.4 is 9.46 Å². The lowest BCUT2D eigenvalue weighted by Gasteiger charge is -2.12. The first-order chi connectivity index (χ1) is 10.3. The molecule has 0 aliphatic rings. The maximum atomic E-state index is 12.8. The molecule has 0 spiro atoms. The summed E-state index contributed by atoms with van der Waals surface area (Å²) in [6.07, 6.45) is 0. The lowest BCUT2D eigenvalue weighted by molar-refractivity contribution is -0.0498. The largest absolute Gasteiger partial charge is 0.435 e. The molecule has 0 aromatic heterocycles. The fourth-order valence-corrected chi connectivity index (χ4v) is 2.88. The average Bonchev–Trinajstić information content (AvgIpc) is 2.41. The van der Waals surface area contributed by atoms with Crippen LogP contribution in [0.15, 0.2) is 47.4 Å². The average molecular weight is 331 g/mol. The third kappa shape index (κ3) is 3.91. The molecule has 0 atom stereocenters. The van der Waals surface area contributed by atoms with Crippen molar-refractivity contribution in [3.8, 4) is 5.75 Å². The van der Waals surface area contributed by atoms with Gasteiger partial charge in [-0.05, 0) is 55.0 Å². The first-order valence-corrected chi connectivity index (χ1v) is 7.60. The highest BCUT2D eigenvalue weighted by molar-refractivity contribution is 7.92. The summed E-state index contributed by atoms with van der Waals surface area (Å²) in [6.45, 7) is -1.41. The molecule has 2 aromatic rings. The zero-order chi connectivity index (χ0) is 16.3. The van der Waals surface area contributed by atoms with E-state index in [4.69, 9.17) is 0 Å². The van der Waals surface area contributed by atoms with E-state index in [0.29, 0.717) is 5.56 Å². The molecule has 0 aliphatic heterocycles. The van der Waals surface area contributed by atoms with Gasteiger partial charge >= 0.3 is 6.61 Å². The van der Waals surface area contributed by atoms with Gasteiger partial charge in [-0.15, -0.1) is 0 Å². The van der Waals surface area contributed by atoms with Gasteiger partial charge in [-0.3, -0.25) is 4.72 Å². The second-order valence-electron chi connectivity index (χ2n) is 4.41. The Labute approximate surface area is 125 Å². The predicted molar refractivity (Wildman–Crippen MR) is 75.0 cm³/mol. The van der Waals surface area contributed by atoms with Crippen LogP contribution in [-0.4, -0.2) is 15.0 Å². The van der Waals surface area contributed by atoms with E-state index in [0.717, 1.165) is 24.3 Å². The summed E-state index contributed by atoms with van der Waals surface area (Å²) in [4.78, 5) is -0.110. The number of halogens is 3. The van der Waals surface area contributed by atoms with Gasteiger partial charge in [0.05, 0.1) is 10.6 Å². The Balaban J connectivity index is 2.24. The van der Waals surface area contributed by atoms with E-state index in [1.807, 2.05) is 0 Å². The summed E-state index contributed by atoms with van der Waals surface area (Å²) in [5.41, 5.74) is 0.620. The van der Waals surface area contributed by atoms with Gasteiger partial charge in [0.1, 0.15) is 11.6 Å². The van der Waals surface area contributed by atoms with Gasteiger partial charge in [0.25, 0.3) is 10.0 Å². The van der Waals surface area contributed by atoms with Crippen molar-refractivity contribution < 1.29 is 26.3 Å². The van der Waals surface area contributed by atoms with Gasteiger partial charge < -0.3 is 4.74 Å². The summed E-state index contributed by atoms with van der Waals surface area (Å²) in [7, 11) is -3.89. The van der Waals surface area contributed by atoms with Gasteiger partial charge in [0, 0.05) is 0 Å². The van der Waals surface area contributed by atoms with E-state index in [1.165, 1.54) is 18.2 Å². The van der Waals surface area contributed by atoms with Gasteiger partial charge in [0.2, 0.25) is 0 Å². The van der Waals surface area contributed by atoms with E-state index < -0.39 is 22.5 Å². The minimum Gasteiger partial charge on any atom is -0.435 e. The fourth-order valence-electron chi connectivity index (χ4n) is 1.74. The number of aryl methyl sites for hydroxylation is 1. The molecule has 0 aliphatic carbocycles. The molecule has 0 saturated carbocycles. The molecule has 0 fully saturated rings. The van der Waals surface area contributed by atoms with Crippen LogP contribution in [0.5, 0.6) is 5.75 Å². The summed E-state index contributed by atoms with van der Waals surface area (Å²) in [5, 5.41) is 0. The highest BCUT2D eigenvalue weighted by atomic mass is 32.2. The molecule has 0 bridgehead atoms. The second-order valence-corrected chi connectivity index (χ2v) is 6.10. The van der Waals surface area contributed by atoms with Crippen molar-refractivity contribution in [1.29, 1.82) is 0 Å². The molecule has 2 rings (SSSR count). The summed E-state index contributed by atoms with van der Waals surface area (Å²) in [5.74, 6) is -0.624. The quantitative estimate of drug-likeness (QED) is 0.912. The number of hydrogen-bond donors (Lipinski definition) is 1. The molecule has 0 unspecified atom stereocenters. The number of ether oxygens (including phenoxy) is 1. The molecule has 1 N–H and O–H groups in total. The molecule has 0 radical (unpaired) electrons. The molecule has 2 aromatic carbocycles. The number of alkyl halides is 2. The molecule has 0 amide bonds. The van der Waals surface area contributed by atoms with Crippen LogP contribution in [0.1, 0.15) is 5.56 Å². The SMILES string of the molecule is Cc1cc(OC(F)F)ccc1NS(=O)(=O)c1ccc(F)cc1. The van der Waals surface area contributed by atoms with E-state index in [2.05, 4.69) is 9.46 Å². The fraction of sp³-hybridized carbons (Fsp3) is 0.143. The van der Waals surface area contributed by atoms with Crippen molar-refractivity contribution in [3.63, 3.8) is 0 Å². The van der Waals surface area contributed by atoms with Gasteiger partial charge in [-0.2, -0.15) is 8.78 Å². The zero-order valence-electron chi connectivity index (χ0n) is 11.4. The Kier molecular flexibility index (Phi) is 4.60. The molecular formula is C14H12F3NO3S. The zero-order valence-corrected chi connectivity index (χ0v) is 12.2. The third-order valence-electron chi connectivity index (χ3n) is 2.79. The lowest BCUT2D eigenvalue weighted by Crippen LogP contribution is -2.14. The normalized spacial score (nSPS) is 11.5. The number of anilines is 1. The number of nitrogens with one attached hydrogen (secondary N) is 1. The molecule has 0 heterocycles. The molecule has 118 valence electrons. The lowest BCUT2D eigenvalue weighted by atomic mass is 10.2. The molecule has 4 nitrogen and oxygen atoms in total. The number of sulfonamides is 1. The van der Waals surface area contributed by atoms with Crippen LogP contribution in [0.25, 0.3) is 0 Å². The van der Waals surface area contributed by atoms with Crippen molar-refractivity contribution in [2.75, 3.05) is 4.72 Å². The van der Waals surface area contributed by atoms with E-state index >= 15 is 0 Å². The second kappa shape index (κ2) is 6.27. The number of benzene rings is 2. The summed E-state index contributed by atoms with van der Waals surface area (Å²) < 4.78 is 67.9. The third-order valence-corrected chi connectivity index (χ3v) is 4.17. The predicted octanol–water partition coefficient (Wildman–Crippen LogP) is 3.54. The van der Waals surface area contributed by atoms with Crippen LogP contribution >= 0.6 is 0 Å². The topological polar surface area (TPSA) is 55.4 Å². The van der Waals surface area contributed by atoms with E-state index in [1.54, 1.807) is 6.92 Å². The van der Waals surface area contributed by atoms with Crippen LogP contribution in [0.2, 0.25) is 0 Å². The summed E-state index contributed by atoms with van der Waals surface area (Å²) >= 11 is 0. The van der Waals surface area contributed by atoms with Crippen molar-refractivity contribution in [2.45, 2.75) is 18.4 Å². The van der Waals surface area contributed by atoms with Crippen LogP contribution in [0, 0.1) is 12.7 Å². The van der Waals surface area contributed by atoms with Gasteiger partial charge in [-0.1, -0.05) is 0 Å². The number of hydrogen-bond acceptors (Lipinski definition) is 3. The van der Waals surface area contributed by atoms with Crippen molar-refractivity contribution in [2.24, 2.45) is 0 Å². The number of rotatable bonds is 5. The minimum atomic E-state index is -3.89. The Hall–Kier alpha value is -2.22. The highest BCUT2D eigenvalue weighted by Crippen LogP contribution is 2.25. The van der Waals surface area contributed by atoms with Crippen LogP contribution in [0.3, 0.4) is 0 Å². The molecule has 0 saturated heterocycles.